The molecule has 0 saturated heterocycles. The van der Waals surface area contributed by atoms with Gasteiger partial charge in [0.15, 0.2) is 0 Å². The number of hydrogen-bond donors (Lipinski definition) is 2. The number of hydrogen-bond acceptors (Lipinski definition) is 3. The van der Waals surface area contributed by atoms with Crippen LogP contribution in [0.5, 0.6) is 0 Å². The van der Waals surface area contributed by atoms with Crippen molar-refractivity contribution in [1.82, 2.24) is 4.98 Å². The first-order valence-electron chi connectivity index (χ1n) is 4.57. The van der Waals surface area contributed by atoms with E-state index < -0.39 is 12.9 Å². The molecule has 0 aliphatic heterocycles. The van der Waals surface area contributed by atoms with Gasteiger partial charge in [-0.15, -0.1) is 0 Å². The van der Waals surface area contributed by atoms with Gasteiger partial charge in [-0.25, -0.2) is 4.39 Å². The van der Waals surface area contributed by atoms with Crippen molar-refractivity contribution in [2.24, 2.45) is 0 Å². The average Bonchev–Trinajstić information content (AvgIpc) is 2.30. The van der Waals surface area contributed by atoms with Gasteiger partial charge in [0.25, 0.3) is 0 Å². The predicted octanol–water partition coefficient (Wildman–Crippen LogP) is 0.814. The summed E-state index contributed by atoms with van der Waals surface area (Å²) in [5.74, 6) is -0.563. The molecule has 82 valence electrons. The molecule has 3 nitrogen and oxygen atoms in total. The summed E-state index contributed by atoms with van der Waals surface area (Å²) in [6.45, 7) is 6.78. The second-order valence-corrected chi connectivity index (χ2v) is 3.02. The van der Waals surface area contributed by atoms with Gasteiger partial charge in [-0.2, -0.15) is 0 Å². The van der Waals surface area contributed by atoms with Gasteiger partial charge >= 0.3 is 7.12 Å². The maximum absolute atomic E-state index is 13.3. The molecule has 0 aliphatic rings. The summed E-state index contributed by atoms with van der Waals surface area (Å²) < 4.78 is 13.3. The molecule has 0 amide bonds. The largest absolute Gasteiger partial charge is 0.488 e. The number of aromatic nitrogens is 1. The van der Waals surface area contributed by atoms with Crippen LogP contribution in [0.2, 0.25) is 0 Å². The highest BCUT2D eigenvalue weighted by atomic mass is 19.1. The molecule has 0 saturated carbocycles. The van der Waals surface area contributed by atoms with Crippen molar-refractivity contribution in [3.8, 4) is 0 Å². The molecule has 2 N–H and O–H groups in total. The van der Waals surface area contributed by atoms with Crippen LogP contribution in [0, 0.1) is 0 Å². The van der Waals surface area contributed by atoms with Crippen molar-refractivity contribution in [1.29, 1.82) is 0 Å². The van der Waals surface area contributed by atoms with Crippen molar-refractivity contribution in [2.75, 3.05) is 0 Å². The summed E-state index contributed by atoms with van der Waals surface area (Å²) in [6.07, 6.45) is 3.71. The number of allylic oxidation sites excluding steroid dienone is 4. The van der Waals surface area contributed by atoms with E-state index >= 15 is 0 Å². The quantitative estimate of drug-likeness (QED) is 0.582. The topological polar surface area (TPSA) is 53.4 Å². The second kappa shape index (κ2) is 5.39. The SMILES string of the molecule is C=C/C(F)=C(\C=C)c1cc(B(O)O)ccn1. The fourth-order valence-corrected chi connectivity index (χ4v) is 1.19. The van der Waals surface area contributed by atoms with E-state index in [9.17, 15) is 4.39 Å². The van der Waals surface area contributed by atoms with Gasteiger partial charge in [-0.05, 0) is 23.7 Å². The zero-order valence-corrected chi connectivity index (χ0v) is 8.60. The number of nitrogens with zero attached hydrogens (tertiary/aromatic N) is 1. The van der Waals surface area contributed by atoms with E-state index in [4.69, 9.17) is 10.0 Å². The maximum Gasteiger partial charge on any atom is 0.488 e. The Morgan fingerprint density at radius 3 is 2.56 bits per heavy atom. The van der Waals surface area contributed by atoms with Gasteiger partial charge in [0, 0.05) is 11.8 Å². The Kier molecular flexibility index (Phi) is 4.16. The molecule has 0 aromatic carbocycles. The standard InChI is InChI=1S/C11H11BFNO2/c1-3-9(10(13)4-2)11-7-8(12(15)16)5-6-14-11/h3-7,15-16H,1-2H2/b10-9-. The van der Waals surface area contributed by atoms with E-state index in [0.29, 0.717) is 0 Å². The fourth-order valence-electron chi connectivity index (χ4n) is 1.19. The van der Waals surface area contributed by atoms with Crippen LogP contribution in [0.1, 0.15) is 5.69 Å². The van der Waals surface area contributed by atoms with Crippen LogP contribution < -0.4 is 5.46 Å². The van der Waals surface area contributed by atoms with Crippen molar-refractivity contribution in [3.05, 3.63) is 55.2 Å². The molecule has 0 spiro atoms. The minimum Gasteiger partial charge on any atom is -0.423 e. The molecule has 1 aromatic rings. The third-order valence-corrected chi connectivity index (χ3v) is 2.00. The van der Waals surface area contributed by atoms with E-state index in [1.807, 2.05) is 0 Å². The number of pyridine rings is 1. The first kappa shape index (κ1) is 12.4. The Bertz CT molecular complexity index is 443. The third kappa shape index (κ3) is 2.65. The first-order valence-corrected chi connectivity index (χ1v) is 4.57. The van der Waals surface area contributed by atoms with Gasteiger partial charge in [-0.1, -0.05) is 19.2 Å². The highest BCUT2D eigenvalue weighted by molar-refractivity contribution is 6.58. The zero-order chi connectivity index (χ0) is 12.1. The van der Waals surface area contributed by atoms with E-state index in [2.05, 4.69) is 18.1 Å². The summed E-state index contributed by atoms with van der Waals surface area (Å²) >= 11 is 0. The highest BCUT2D eigenvalue weighted by Gasteiger charge is 2.13. The Morgan fingerprint density at radius 1 is 1.38 bits per heavy atom. The Morgan fingerprint density at radius 2 is 2.06 bits per heavy atom. The van der Waals surface area contributed by atoms with Gasteiger partial charge in [0.2, 0.25) is 0 Å². The van der Waals surface area contributed by atoms with Crippen molar-refractivity contribution in [2.45, 2.75) is 0 Å². The molecular formula is C11H11BFNO2. The predicted molar refractivity (Wildman–Crippen MR) is 62.5 cm³/mol. The molecule has 0 fully saturated rings. The van der Waals surface area contributed by atoms with Crippen molar-refractivity contribution >= 4 is 18.2 Å². The summed E-state index contributed by atoms with van der Waals surface area (Å²) in [7, 11) is -1.61. The minimum atomic E-state index is -1.61. The lowest BCUT2D eigenvalue weighted by Crippen LogP contribution is -2.30. The molecule has 0 bridgehead atoms. The first-order chi connectivity index (χ1) is 7.60. The lowest BCUT2D eigenvalue weighted by atomic mass is 9.80. The van der Waals surface area contributed by atoms with Gasteiger partial charge in [0.05, 0.1) is 5.69 Å². The fraction of sp³-hybridized carbons (Fsp3) is 0. The zero-order valence-electron chi connectivity index (χ0n) is 8.60. The van der Waals surface area contributed by atoms with E-state index in [-0.39, 0.29) is 16.7 Å². The molecule has 16 heavy (non-hydrogen) atoms. The maximum atomic E-state index is 13.3. The highest BCUT2D eigenvalue weighted by Crippen LogP contribution is 2.18. The molecule has 1 heterocycles. The summed E-state index contributed by atoms with van der Waals surface area (Å²) in [5, 5.41) is 17.9. The lowest BCUT2D eigenvalue weighted by molar-refractivity contribution is 0.425. The van der Waals surface area contributed by atoms with Crippen LogP contribution in [0.15, 0.2) is 49.5 Å². The molecule has 0 aliphatic carbocycles. The van der Waals surface area contributed by atoms with E-state index in [1.54, 1.807) is 0 Å². The second-order valence-electron chi connectivity index (χ2n) is 3.02. The monoisotopic (exact) mass is 219 g/mol. The van der Waals surface area contributed by atoms with Crippen LogP contribution in [-0.2, 0) is 0 Å². The summed E-state index contributed by atoms with van der Waals surface area (Å²) in [6, 6.07) is 2.81. The smallest absolute Gasteiger partial charge is 0.423 e. The Labute approximate surface area is 93.4 Å². The number of rotatable bonds is 4. The normalized spacial score (nSPS) is 11.7. The minimum absolute atomic E-state index is 0.164. The molecule has 1 rings (SSSR count). The molecule has 1 aromatic heterocycles. The summed E-state index contributed by atoms with van der Waals surface area (Å²) in [4.78, 5) is 3.92. The lowest BCUT2D eigenvalue weighted by Gasteiger charge is -2.04. The van der Waals surface area contributed by atoms with Crippen molar-refractivity contribution in [3.63, 3.8) is 0 Å². The average molecular weight is 219 g/mol. The van der Waals surface area contributed by atoms with Crippen LogP contribution in [0.4, 0.5) is 4.39 Å². The molecule has 0 unspecified atom stereocenters. The van der Waals surface area contributed by atoms with Crippen molar-refractivity contribution < 1.29 is 14.4 Å². The Hall–Kier alpha value is -1.72. The van der Waals surface area contributed by atoms with Gasteiger partial charge < -0.3 is 10.0 Å². The van der Waals surface area contributed by atoms with Crippen LogP contribution >= 0.6 is 0 Å². The van der Waals surface area contributed by atoms with Gasteiger partial charge in [0.1, 0.15) is 5.83 Å². The molecule has 5 heteroatoms. The van der Waals surface area contributed by atoms with E-state index in [0.717, 1.165) is 6.08 Å². The Balaban J connectivity index is 3.27. The molecule has 0 radical (unpaired) electrons. The third-order valence-electron chi connectivity index (χ3n) is 2.00. The summed E-state index contributed by atoms with van der Waals surface area (Å²) in [5.41, 5.74) is 0.678. The molecular weight excluding hydrogens is 208 g/mol. The van der Waals surface area contributed by atoms with Gasteiger partial charge in [-0.3, -0.25) is 4.98 Å². The van der Waals surface area contributed by atoms with Crippen LogP contribution in [0.25, 0.3) is 5.57 Å². The molecule has 0 atom stereocenters. The van der Waals surface area contributed by atoms with E-state index in [1.165, 1.54) is 24.4 Å². The van der Waals surface area contributed by atoms with Crippen LogP contribution in [0.3, 0.4) is 0 Å². The van der Waals surface area contributed by atoms with Crippen LogP contribution in [-0.4, -0.2) is 22.2 Å². The number of halogens is 1.